The molecule has 1 N–H and O–H groups in total. The van der Waals surface area contributed by atoms with Gasteiger partial charge in [-0.05, 0) is 0 Å². The van der Waals surface area contributed by atoms with Crippen LogP contribution in [-0.4, -0.2) is 40.1 Å². The number of methoxy groups -OCH3 is 1. The van der Waals surface area contributed by atoms with Gasteiger partial charge in [-0.2, -0.15) is 15.4 Å². The normalized spacial score (nSPS) is 15.3. The van der Waals surface area contributed by atoms with Gasteiger partial charge in [-0.15, -0.1) is 0 Å². The maximum atomic E-state index is 11.1. The van der Waals surface area contributed by atoms with Crippen molar-refractivity contribution in [3.05, 3.63) is 11.4 Å². The van der Waals surface area contributed by atoms with E-state index in [0.29, 0.717) is 13.1 Å². The Labute approximate surface area is 74.9 Å². The average Bonchev–Trinajstić information content (AvgIpc) is 2.63. The van der Waals surface area contributed by atoms with Gasteiger partial charge >= 0.3 is 6.09 Å². The molecule has 0 bridgehead atoms. The van der Waals surface area contributed by atoms with Crippen molar-refractivity contribution in [3.8, 4) is 0 Å². The molecule has 6 nitrogen and oxygen atoms in total. The van der Waals surface area contributed by atoms with Gasteiger partial charge in [0.2, 0.25) is 0 Å². The maximum Gasteiger partial charge on any atom is 0.409 e. The Morgan fingerprint density at radius 1 is 1.54 bits per heavy atom. The molecule has 0 saturated heterocycles. The third-order valence-electron chi connectivity index (χ3n) is 2.10. The van der Waals surface area contributed by atoms with Crippen LogP contribution in [0.15, 0.2) is 0 Å². The summed E-state index contributed by atoms with van der Waals surface area (Å²) in [5, 5.41) is 10.4. The van der Waals surface area contributed by atoms with Crippen molar-refractivity contribution in [1.82, 2.24) is 20.3 Å². The van der Waals surface area contributed by atoms with E-state index in [1.54, 1.807) is 4.90 Å². The Balaban J connectivity index is 2.13. The van der Waals surface area contributed by atoms with E-state index in [0.717, 1.165) is 17.8 Å². The number of carbonyl (C=O) groups is 1. The van der Waals surface area contributed by atoms with Crippen molar-refractivity contribution < 1.29 is 9.53 Å². The molecule has 0 fully saturated rings. The molecule has 0 radical (unpaired) electrons. The molecule has 2 rings (SSSR count). The lowest BCUT2D eigenvalue weighted by molar-refractivity contribution is 0.118. The van der Waals surface area contributed by atoms with Gasteiger partial charge in [0.05, 0.1) is 19.3 Å². The summed E-state index contributed by atoms with van der Waals surface area (Å²) in [6.07, 6.45) is 0.426. The van der Waals surface area contributed by atoms with Crippen LogP contribution in [0.4, 0.5) is 4.79 Å². The first-order valence-electron chi connectivity index (χ1n) is 4.02. The van der Waals surface area contributed by atoms with E-state index in [1.165, 1.54) is 7.11 Å². The van der Waals surface area contributed by atoms with Gasteiger partial charge in [-0.3, -0.25) is 0 Å². The largest absolute Gasteiger partial charge is 0.453 e. The quantitative estimate of drug-likeness (QED) is 0.609. The number of nitrogens with one attached hydrogen (secondary N) is 1. The number of amides is 1. The molecule has 1 aromatic heterocycles. The molecule has 0 spiro atoms. The number of fused-ring (bicyclic) bond motifs is 1. The van der Waals surface area contributed by atoms with Crippen LogP contribution in [0.3, 0.4) is 0 Å². The lowest BCUT2D eigenvalue weighted by Gasteiger charge is -2.23. The Morgan fingerprint density at radius 3 is 3.08 bits per heavy atom. The van der Waals surface area contributed by atoms with Crippen molar-refractivity contribution in [1.29, 1.82) is 0 Å². The standard InChI is InChI=1S/C7H10N4O2/c1-13-7(12)11-3-2-5-6(4-11)9-10-8-5/h2-4H2,1H3,(H,8,9,10). The second kappa shape index (κ2) is 3.04. The fraction of sp³-hybridized carbons (Fsp3) is 0.571. The molecular formula is C7H10N4O2. The highest BCUT2D eigenvalue weighted by molar-refractivity contribution is 5.67. The summed E-state index contributed by atoms with van der Waals surface area (Å²) in [5.41, 5.74) is 1.77. The Morgan fingerprint density at radius 2 is 2.31 bits per heavy atom. The fourth-order valence-electron chi connectivity index (χ4n) is 1.39. The van der Waals surface area contributed by atoms with E-state index in [-0.39, 0.29) is 6.09 Å². The van der Waals surface area contributed by atoms with Crippen LogP contribution in [0, 0.1) is 0 Å². The lowest BCUT2D eigenvalue weighted by atomic mass is 10.1. The third kappa shape index (κ3) is 1.34. The number of hydrogen-bond acceptors (Lipinski definition) is 4. The van der Waals surface area contributed by atoms with Crippen LogP contribution in [0.25, 0.3) is 0 Å². The van der Waals surface area contributed by atoms with Crippen LogP contribution in [0.1, 0.15) is 11.4 Å². The Kier molecular flexibility index (Phi) is 1.88. The zero-order chi connectivity index (χ0) is 9.26. The summed E-state index contributed by atoms with van der Waals surface area (Å²) in [5.74, 6) is 0. The van der Waals surface area contributed by atoms with Crippen molar-refractivity contribution in [2.75, 3.05) is 13.7 Å². The highest BCUT2D eigenvalue weighted by Gasteiger charge is 2.23. The molecule has 1 aliphatic rings. The molecule has 1 amide bonds. The number of hydrogen-bond donors (Lipinski definition) is 1. The molecule has 0 aliphatic carbocycles. The van der Waals surface area contributed by atoms with Gasteiger partial charge in [-0.1, -0.05) is 0 Å². The van der Waals surface area contributed by atoms with Gasteiger partial charge in [0.25, 0.3) is 0 Å². The SMILES string of the molecule is COC(=O)N1CCc2n[nH]nc2C1. The van der Waals surface area contributed by atoms with Crippen molar-refractivity contribution in [2.45, 2.75) is 13.0 Å². The summed E-state index contributed by atoms with van der Waals surface area (Å²) in [4.78, 5) is 12.7. The van der Waals surface area contributed by atoms with Crippen LogP contribution in [0.2, 0.25) is 0 Å². The van der Waals surface area contributed by atoms with Gasteiger partial charge in [0.15, 0.2) is 0 Å². The van der Waals surface area contributed by atoms with E-state index in [2.05, 4.69) is 20.1 Å². The Hall–Kier alpha value is -1.59. The van der Waals surface area contributed by atoms with Crippen LogP contribution < -0.4 is 0 Å². The van der Waals surface area contributed by atoms with E-state index in [1.807, 2.05) is 0 Å². The van der Waals surface area contributed by atoms with Crippen LogP contribution >= 0.6 is 0 Å². The minimum atomic E-state index is -0.311. The average molecular weight is 182 g/mol. The zero-order valence-electron chi connectivity index (χ0n) is 7.28. The number of rotatable bonds is 0. The number of H-pyrrole nitrogens is 1. The molecule has 0 atom stereocenters. The third-order valence-corrected chi connectivity index (χ3v) is 2.10. The highest BCUT2D eigenvalue weighted by atomic mass is 16.5. The van der Waals surface area contributed by atoms with Crippen LogP contribution in [0.5, 0.6) is 0 Å². The van der Waals surface area contributed by atoms with Gasteiger partial charge in [0.1, 0.15) is 5.69 Å². The number of aromatic amines is 1. The molecule has 0 aromatic carbocycles. The van der Waals surface area contributed by atoms with Crippen molar-refractivity contribution >= 4 is 6.09 Å². The predicted octanol–water partition coefficient (Wildman–Crippen LogP) is -0.0708. The number of aromatic nitrogens is 3. The van der Waals surface area contributed by atoms with Crippen molar-refractivity contribution in [2.24, 2.45) is 0 Å². The first kappa shape index (κ1) is 8.03. The molecule has 1 aliphatic heterocycles. The second-order valence-electron chi connectivity index (χ2n) is 2.86. The summed E-state index contributed by atoms with van der Waals surface area (Å²) >= 11 is 0. The number of nitrogens with zero attached hydrogens (tertiary/aromatic N) is 3. The Bertz CT molecular complexity index is 322. The summed E-state index contributed by atoms with van der Waals surface area (Å²) < 4.78 is 4.61. The molecule has 1 aromatic rings. The monoisotopic (exact) mass is 182 g/mol. The number of carbonyl (C=O) groups excluding carboxylic acids is 1. The maximum absolute atomic E-state index is 11.1. The number of ether oxygens (including phenoxy) is 1. The zero-order valence-corrected chi connectivity index (χ0v) is 7.28. The molecule has 6 heteroatoms. The van der Waals surface area contributed by atoms with Gasteiger partial charge in [0, 0.05) is 13.0 Å². The molecule has 0 unspecified atom stereocenters. The first-order chi connectivity index (χ1) is 6.31. The minimum absolute atomic E-state index is 0.311. The summed E-state index contributed by atoms with van der Waals surface area (Å²) in [7, 11) is 1.38. The minimum Gasteiger partial charge on any atom is -0.453 e. The van der Waals surface area contributed by atoms with E-state index < -0.39 is 0 Å². The second-order valence-corrected chi connectivity index (χ2v) is 2.86. The van der Waals surface area contributed by atoms with Gasteiger partial charge in [-0.25, -0.2) is 4.79 Å². The van der Waals surface area contributed by atoms with Crippen molar-refractivity contribution in [3.63, 3.8) is 0 Å². The van der Waals surface area contributed by atoms with E-state index in [9.17, 15) is 4.79 Å². The molecule has 2 heterocycles. The highest BCUT2D eigenvalue weighted by Crippen LogP contribution is 2.13. The smallest absolute Gasteiger partial charge is 0.409 e. The predicted molar refractivity (Wildman–Crippen MR) is 42.9 cm³/mol. The van der Waals surface area contributed by atoms with E-state index >= 15 is 0 Å². The molecule has 13 heavy (non-hydrogen) atoms. The summed E-state index contributed by atoms with van der Waals surface area (Å²) in [6.45, 7) is 1.13. The molecule has 0 saturated carbocycles. The topological polar surface area (TPSA) is 71.1 Å². The van der Waals surface area contributed by atoms with Gasteiger partial charge < -0.3 is 9.64 Å². The van der Waals surface area contributed by atoms with Crippen LogP contribution in [-0.2, 0) is 17.7 Å². The fourth-order valence-corrected chi connectivity index (χ4v) is 1.39. The van der Waals surface area contributed by atoms with E-state index in [4.69, 9.17) is 0 Å². The summed E-state index contributed by atoms with van der Waals surface area (Å²) in [6, 6.07) is 0. The first-order valence-corrected chi connectivity index (χ1v) is 4.02. The molecular weight excluding hydrogens is 172 g/mol. The lowest BCUT2D eigenvalue weighted by Crippen LogP contribution is -2.35. The molecule has 70 valence electrons.